The Morgan fingerprint density at radius 1 is 1.52 bits per heavy atom. The van der Waals surface area contributed by atoms with Gasteiger partial charge in [-0.1, -0.05) is 0 Å². The summed E-state index contributed by atoms with van der Waals surface area (Å²) in [5, 5.41) is 14.9. The molecule has 1 aromatic heterocycles. The van der Waals surface area contributed by atoms with Gasteiger partial charge in [0.2, 0.25) is 10.0 Å². The second-order valence-electron chi connectivity index (χ2n) is 5.18. The summed E-state index contributed by atoms with van der Waals surface area (Å²) in [5.74, 6) is -0.766. The van der Waals surface area contributed by atoms with E-state index in [0.29, 0.717) is 12.5 Å². The molecule has 0 saturated heterocycles. The van der Waals surface area contributed by atoms with Gasteiger partial charge >= 0.3 is 5.97 Å². The molecule has 9 heteroatoms. The van der Waals surface area contributed by atoms with Crippen LogP contribution in [-0.2, 0) is 14.8 Å². The predicted octanol–water partition coefficient (Wildman–Crippen LogP) is 0.463. The summed E-state index contributed by atoms with van der Waals surface area (Å²) in [7, 11) is -2.51. The van der Waals surface area contributed by atoms with Crippen molar-refractivity contribution in [2.24, 2.45) is 5.92 Å². The van der Waals surface area contributed by atoms with Crippen molar-refractivity contribution < 1.29 is 23.1 Å². The fourth-order valence-electron chi connectivity index (χ4n) is 1.88. The standard InChI is InChI=1S/C12H19N3O5S/c1-8-11(10(12(16)17)14-13-8)21(18,19)15(2)5-6-20-7-9-3-4-9/h9H,3-7H2,1-2H3,(H,13,14)(H,16,17). The van der Waals surface area contributed by atoms with Gasteiger partial charge in [0.05, 0.1) is 12.3 Å². The second-order valence-corrected chi connectivity index (χ2v) is 7.16. The summed E-state index contributed by atoms with van der Waals surface area (Å²) in [6, 6.07) is 0. The fraction of sp³-hybridized carbons (Fsp3) is 0.667. The maximum atomic E-state index is 12.4. The molecule has 1 aromatic rings. The third-order valence-corrected chi connectivity index (χ3v) is 5.38. The van der Waals surface area contributed by atoms with Gasteiger partial charge in [-0.2, -0.15) is 9.40 Å². The highest BCUT2D eigenvalue weighted by atomic mass is 32.2. The third-order valence-electron chi connectivity index (χ3n) is 3.36. The number of aromatic carboxylic acids is 1. The van der Waals surface area contributed by atoms with Crippen LogP contribution in [0.4, 0.5) is 0 Å². The fourth-order valence-corrected chi connectivity index (χ4v) is 3.32. The maximum Gasteiger partial charge on any atom is 0.357 e. The molecule has 1 aliphatic carbocycles. The SMILES string of the molecule is Cc1[nH]nc(C(=O)O)c1S(=O)(=O)N(C)CCOCC1CC1. The molecule has 1 fully saturated rings. The van der Waals surface area contributed by atoms with E-state index in [2.05, 4.69) is 10.2 Å². The average molecular weight is 317 g/mol. The molecule has 0 atom stereocenters. The van der Waals surface area contributed by atoms with E-state index < -0.39 is 21.7 Å². The van der Waals surface area contributed by atoms with Gasteiger partial charge in [-0.25, -0.2) is 13.2 Å². The molecule has 2 rings (SSSR count). The molecule has 118 valence electrons. The van der Waals surface area contributed by atoms with Crippen LogP contribution in [0.3, 0.4) is 0 Å². The van der Waals surface area contributed by atoms with E-state index >= 15 is 0 Å². The smallest absolute Gasteiger partial charge is 0.357 e. The number of aromatic amines is 1. The van der Waals surface area contributed by atoms with Gasteiger partial charge in [0.1, 0.15) is 4.90 Å². The van der Waals surface area contributed by atoms with E-state index in [-0.39, 0.29) is 23.7 Å². The van der Waals surface area contributed by atoms with Gasteiger partial charge in [-0.3, -0.25) is 5.10 Å². The summed E-state index contributed by atoms with van der Waals surface area (Å²) >= 11 is 0. The topological polar surface area (TPSA) is 113 Å². The molecule has 2 N–H and O–H groups in total. The number of sulfonamides is 1. The highest BCUT2D eigenvalue weighted by molar-refractivity contribution is 7.89. The Bertz CT molecular complexity index is 621. The van der Waals surface area contributed by atoms with Gasteiger partial charge in [0, 0.05) is 20.2 Å². The minimum atomic E-state index is -3.91. The van der Waals surface area contributed by atoms with Crippen molar-refractivity contribution in [2.75, 3.05) is 26.8 Å². The first-order valence-electron chi connectivity index (χ1n) is 6.66. The molecule has 0 amide bonds. The summed E-state index contributed by atoms with van der Waals surface area (Å²) < 4.78 is 31.3. The molecule has 0 radical (unpaired) electrons. The summed E-state index contributed by atoms with van der Waals surface area (Å²) in [6.07, 6.45) is 2.34. The lowest BCUT2D eigenvalue weighted by atomic mass is 10.4. The molecular formula is C12H19N3O5S. The van der Waals surface area contributed by atoms with Crippen LogP contribution in [-0.4, -0.2) is 60.8 Å². The van der Waals surface area contributed by atoms with Crippen LogP contribution in [0.15, 0.2) is 4.90 Å². The lowest BCUT2D eigenvalue weighted by molar-refractivity contribution is 0.0686. The number of H-pyrrole nitrogens is 1. The molecule has 21 heavy (non-hydrogen) atoms. The Morgan fingerprint density at radius 2 is 2.19 bits per heavy atom. The number of likely N-dealkylation sites (N-methyl/N-ethyl adjacent to an activating group) is 1. The Labute approximate surface area is 123 Å². The molecule has 8 nitrogen and oxygen atoms in total. The number of carboxylic acid groups (broad SMARTS) is 1. The minimum absolute atomic E-state index is 0.165. The minimum Gasteiger partial charge on any atom is -0.476 e. The number of carboxylic acids is 1. The predicted molar refractivity (Wildman–Crippen MR) is 73.6 cm³/mol. The van der Waals surface area contributed by atoms with Gasteiger partial charge in [-0.15, -0.1) is 0 Å². The van der Waals surface area contributed by atoms with Crippen molar-refractivity contribution in [3.63, 3.8) is 0 Å². The maximum absolute atomic E-state index is 12.4. The van der Waals surface area contributed by atoms with E-state index in [9.17, 15) is 13.2 Å². The van der Waals surface area contributed by atoms with Crippen molar-refractivity contribution >= 4 is 16.0 Å². The molecule has 0 aliphatic heterocycles. The lowest BCUT2D eigenvalue weighted by Crippen LogP contribution is -2.31. The van der Waals surface area contributed by atoms with Gasteiger partial charge in [-0.05, 0) is 25.7 Å². The highest BCUT2D eigenvalue weighted by Crippen LogP contribution is 2.28. The second kappa shape index (κ2) is 6.12. The Kier molecular flexibility index (Phi) is 4.64. The number of aryl methyl sites for hydroxylation is 1. The molecule has 0 bridgehead atoms. The van der Waals surface area contributed by atoms with Crippen molar-refractivity contribution in [3.8, 4) is 0 Å². The molecule has 0 spiro atoms. The highest BCUT2D eigenvalue weighted by Gasteiger charge is 2.31. The van der Waals surface area contributed by atoms with Gasteiger partial charge in [0.25, 0.3) is 0 Å². The quantitative estimate of drug-likeness (QED) is 0.674. The van der Waals surface area contributed by atoms with Crippen LogP contribution in [0, 0.1) is 12.8 Å². The largest absolute Gasteiger partial charge is 0.476 e. The van der Waals surface area contributed by atoms with Crippen LogP contribution in [0.2, 0.25) is 0 Å². The average Bonchev–Trinajstić information content (AvgIpc) is 3.14. The lowest BCUT2D eigenvalue weighted by Gasteiger charge is -2.17. The molecule has 0 unspecified atom stereocenters. The Morgan fingerprint density at radius 3 is 2.76 bits per heavy atom. The number of nitrogens with one attached hydrogen (secondary N) is 1. The molecule has 1 heterocycles. The monoisotopic (exact) mass is 317 g/mol. The number of nitrogens with zero attached hydrogens (tertiary/aromatic N) is 2. The number of carbonyl (C=O) groups is 1. The molecule has 1 saturated carbocycles. The van der Waals surface area contributed by atoms with Gasteiger partial charge < -0.3 is 9.84 Å². The van der Waals surface area contributed by atoms with E-state index in [1.54, 1.807) is 0 Å². The zero-order valence-corrected chi connectivity index (χ0v) is 12.8. The zero-order chi connectivity index (χ0) is 15.6. The summed E-state index contributed by atoms with van der Waals surface area (Å²) in [4.78, 5) is 10.8. The first-order chi connectivity index (χ1) is 9.84. The van der Waals surface area contributed by atoms with E-state index in [4.69, 9.17) is 9.84 Å². The molecule has 1 aliphatic rings. The van der Waals surface area contributed by atoms with Crippen molar-refractivity contribution in [3.05, 3.63) is 11.4 Å². The van der Waals surface area contributed by atoms with Crippen LogP contribution in [0.1, 0.15) is 29.0 Å². The Hall–Kier alpha value is -1.45. The Balaban J connectivity index is 2.05. The van der Waals surface area contributed by atoms with Gasteiger partial charge in [0.15, 0.2) is 5.69 Å². The first-order valence-corrected chi connectivity index (χ1v) is 8.10. The van der Waals surface area contributed by atoms with Crippen molar-refractivity contribution in [1.82, 2.24) is 14.5 Å². The summed E-state index contributed by atoms with van der Waals surface area (Å²) in [6.45, 7) is 2.58. The van der Waals surface area contributed by atoms with Crippen LogP contribution >= 0.6 is 0 Å². The molecule has 0 aromatic carbocycles. The third kappa shape index (κ3) is 3.60. The number of ether oxygens (including phenoxy) is 1. The number of rotatable bonds is 8. The van der Waals surface area contributed by atoms with E-state index in [0.717, 1.165) is 4.31 Å². The van der Waals surface area contributed by atoms with Crippen molar-refractivity contribution in [2.45, 2.75) is 24.7 Å². The zero-order valence-electron chi connectivity index (χ0n) is 12.0. The van der Waals surface area contributed by atoms with Crippen molar-refractivity contribution in [1.29, 1.82) is 0 Å². The number of hydrogen-bond donors (Lipinski definition) is 2. The first kappa shape index (κ1) is 15.9. The number of hydrogen-bond acceptors (Lipinski definition) is 5. The summed E-state index contributed by atoms with van der Waals surface area (Å²) in [5.41, 5.74) is -0.281. The van der Waals surface area contributed by atoms with Crippen LogP contribution in [0.5, 0.6) is 0 Å². The molecular weight excluding hydrogens is 298 g/mol. The van der Waals surface area contributed by atoms with Crippen LogP contribution < -0.4 is 0 Å². The van der Waals surface area contributed by atoms with Crippen LogP contribution in [0.25, 0.3) is 0 Å². The number of aromatic nitrogens is 2. The van der Waals surface area contributed by atoms with E-state index in [1.807, 2.05) is 0 Å². The normalized spacial score (nSPS) is 15.6. The van der Waals surface area contributed by atoms with E-state index in [1.165, 1.54) is 26.8 Å².